The summed E-state index contributed by atoms with van der Waals surface area (Å²) in [7, 11) is 0. The predicted octanol–water partition coefficient (Wildman–Crippen LogP) is 2.64. The van der Waals surface area contributed by atoms with Crippen LogP contribution in [0.3, 0.4) is 0 Å². The molecular weight excluding hydrogens is 293 g/mol. The number of aromatic nitrogens is 1. The number of carbonyl (C=O) groups excluding carboxylic acids is 1. The van der Waals surface area contributed by atoms with Gasteiger partial charge >= 0.3 is 0 Å². The molecule has 0 unspecified atom stereocenters. The highest BCUT2D eigenvalue weighted by molar-refractivity contribution is 5.92. The van der Waals surface area contributed by atoms with Crippen LogP contribution in [0, 0.1) is 5.82 Å². The second-order valence-corrected chi connectivity index (χ2v) is 6.58. The number of carbonyl (C=O) groups is 1. The first-order valence-electron chi connectivity index (χ1n) is 8.08. The van der Waals surface area contributed by atoms with Gasteiger partial charge in [0.15, 0.2) is 0 Å². The lowest BCUT2D eigenvalue weighted by Crippen LogP contribution is -2.60. The Labute approximate surface area is 134 Å². The van der Waals surface area contributed by atoms with E-state index in [4.69, 9.17) is 0 Å². The van der Waals surface area contributed by atoms with Gasteiger partial charge in [0.1, 0.15) is 11.5 Å². The first-order valence-corrected chi connectivity index (χ1v) is 8.08. The molecule has 0 aliphatic carbocycles. The van der Waals surface area contributed by atoms with E-state index in [1.54, 1.807) is 6.20 Å². The molecule has 2 saturated heterocycles. The zero-order valence-electron chi connectivity index (χ0n) is 13.0. The van der Waals surface area contributed by atoms with Gasteiger partial charge in [-0.2, -0.15) is 0 Å². The van der Waals surface area contributed by atoms with E-state index in [1.165, 1.54) is 12.1 Å². The molecular formula is C18H20FN3O. The third kappa shape index (κ3) is 2.55. The van der Waals surface area contributed by atoms with Crippen LogP contribution in [0.1, 0.15) is 28.9 Å². The molecule has 0 saturated carbocycles. The van der Waals surface area contributed by atoms with E-state index in [2.05, 4.69) is 9.88 Å². The Morgan fingerprint density at radius 3 is 2.61 bits per heavy atom. The molecule has 2 aromatic rings. The van der Waals surface area contributed by atoms with E-state index in [9.17, 15) is 9.18 Å². The number of halogens is 1. The molecule has 4 nitrogen and oxygen atoms in total. The van der Waals surface area contributed by atoms with Crippen molar-refractivity contribution >= 4 is 5.91 Å². The number of H-pyrrole nitrogens is 1. The van der Waals surface area contributed by atoms with Gasteiger partial charge in [0.05, 0.1) is 0 Å². The van der Waals surface area contributed by atoms with Crippen molar-refractivity contribution in [2.45, 2.75) is 24.9 Å². The molecule has 2 aliphatic heterocycles. The predicted molar refractivity (Wildman–Crippen MR) is 85.5 cm³/mol. The molecule has 23 heavy (non-hydrogen) atoms. The minimum Gasteiger partial charge on any atom is -0.357 e. The molecule has 0 bridgehead atoms. The number of likely N-dealkylation sites (tertiary alicyclic amines) is 2. The Morgan fingerprint density at radius 1 is 1.17 bits per heavy atom. The maximum atomic E-state index is 13.0. The lowest BCUT2D eigenvalue weighted by atomic mass is 9.83. The van der Waals surface area contributed by atoms with Gasteiger partial charge in [-0.25, -0.2) is 4.39 Å². The number of nitrogens with one attached hydrogen (secondary N) is 1. The fourth-order valence-corrected chi connectivity index (χ4v) is 3.77. The Morgan fingerprint density at radius 2 is 1.96 bits per heavy atom. The van der Waals surface area contributed by atoms with Gasteiger partial charge in [-0.1, -0.05) is 12.1 Å². The Hall–Kier alpha value is -2.14. The number of nitrogens with zero attached hydrogens (tertiary/aromatic N) is 2. The van der Waals surface area contributed by atoms with Crippen LogP contribution in [-0.4, -0.2) is 45.9 Å². The van der Waals surface area contributed by atoms with Crippen molar-refractivity contribution in [1.29, 1.82) is 0 Å². The van der Waals surface area contributed by atoms with E-state index in [-0.39, 0.29) is 17.3 Å². The molecule has 0 radical (unpaired) electrons. The lowest BCUT2D eigenvalue weighted by Gasteiger charge is -2.50. The van der Waals surface area contributed by atoms with Gasteiger partial charge in [0, 0.05) is 37.9 Å². The number of aromatic amines is 1. The molecule has 120 valence electrons. The highest BCUT2D eigenvalue weighted by atomic mass is 19.1. The largest absolute Gasteiger partial charge is 0.357 e. The van der Waals surface area contributed by atoms with Crippen LogP contribution in [0.5, 0.6) is 0 Å². The summed E-state index contributed by atoms with van der Waals surface area (Å²) < 4.78 is 13.0. The summed E-state index contributed by atoms with van der Waals surface area (Å²) in [4.78, 5) is 19.8. The fraction of sp³-hybridized carbons (Fsp3) is 0.389. The second-order valence-electron chi connectivity index (χ2n) is 6.58. The van der Waals surface area contributed by atoms with Crippen molar-refractivity contribution in [3.63, 3.8) is 0 Å². The van der Waals surface area contributed by atoms with Gasteiger partial charge in [0.25, 0.3) is 5.91 Å². The highest BCUT2D eigenvalue weighted by Crippen LogP contribution is 2.40. The summed E-state index contributed by atoms with van der Waals surface area (Å²) in [6, 6.07) is 10.4. The van der Waals surface area contributed by atoms with Crippen molar-refractivity contribution in [3.05, 3.63) is 59.7 Å². The minimum atomic E-state index is -0.198. The summed E-state index contributed by atoms with van der Waals surface area (Å²) in [6.45, 7) is 3.45. The lowest BCUT2D eigenvalue weighted by molar-refractivity contribution is -0.0131. The van der Waals surface area contributed by atoms with Crippen LogP contribution < -0.4 is 0 Å². The van der Waals surface area contributed by atoms with Gasteiger partial charge < -0.3 is 9.88 Å². The van der Waals surface area contributed by atoms with Crippen molar-refractivity contribution in [1.82, 2.24) is 14.8 Å². The maximum Gasteiger partial charge on any atom is 0.270 e. The molecule has 1 atom stereocenters. The first-order chi connectivity index (χ1) is 11.2. The average Bonchev–Trinajstić information content (AvgIpc) is 3.23. The summed E-state index contributed by atoms with van der Waals surface area (Å²) >= 11 is 0. The summed E-state index contributed by atoms with van der Waals surface area (Å²) in [5.41, 5.74) is 1.89. The Bertz CT molecular complexity index is 698. The summed E-state index contributed by atoms with van der Waals surface area (Å²) in [5.74, 6) is -0.115. The van der Waals surface area contributed by atoms with Gasteiger partial charge in [0.2, 0.25) is 0 Å². The van der Waals surface area contributed by atoms with Crippen LogP contribution in [0.2, 0.25) is 0 Å². The van der Waals surface area contributed by atoms with Crippen LogP contribution in [0.25, 0.3) is 0 Å². The van der Waals surface area contributed by atoms with E-state index >= 15 is 0 Å². The van der Waals surface area contributed by atoms with E-state index in [0.717, 1.165) is 44.6 Å². The molecule has 5 heteroatoms. The topological polar surface area (TPSA) is 39.3 Å². The molecule has 1 N–H and O–H groups in total. The number of rotatable bonds is 3. The van der Waals surface area contributed by atoms with Crippen molar-refractivity contribution in [2.24, 2.45) is 0 Å². The van der Waals surface area contributed by atoms with Crippen molar-refractivity contribution < 1.29 is 9.18 Å². The fourth-order valence-electron chi connectivity index (χ4n) is 3.77. The quantitative estimate of drug-likeness (QED) is 0.946. The van der Waals surface area contributed by atoms with Crippen molar-refractivity contribution in [3.8, 4) is 0 Å². The first kappa shape index (κ1) is 14.5. The molecule has 2 aliphatic rings. The molecule has 2 fully saturated rings. The zero-order valence-corrected chi connectivity index (χ0v) is 13.0. The molecule has 1 amide bonds. The molecule has 1 aromatic heterocycles. The SMILES string of the molecule is O=C(c1ccc[nH]1)N1CC[C@]2(CCN2Cc2ccc(F)cc2)C1. The van der Waals surface area contributed by atoms with Crippen molar-refractivity contribution in [2.75, 3.05) is 19.6 Å². The molecule has 3 heterocycles. The Kier molecular flexibility index (Phi) is 3.45. The van der Waals surface area contributed by atoms with Gasteiger partial charge in [-0.3, -0.25) is 9.69 Å². The Balaban J connectivity index is 1.43. The number of benzene rings is 1. The monoisotopic (exact) mass is 313 g/mol. The third-order valence-corrected chi connectivity index (χ3v) is 5.25. The van der Waals surface area contributed by atoms with E-state index in [0.29, 0.717) is 5.69 Å². The van der Waals surface area contributed by atoms with Gasteiger partial charge in [-0.15, -0.1) is 0 Å². The normalized spacial score (nSPS) is 24.1. The highest BCUT2D eigenvalue weighted by Gasteiger charge is 2.50. The number of amides is 1. The van der Waals surface area contributed by atoms with Crippen LogP contribution in [0.15, 0.2) is 42.6 Å². The van der Waals surface area contributed by atoms with Gasteiger partial charge in [-0.05, 0) is 42.7 Å². The van der Waals surface area contributed by atoms with Crippen LogP contribution >= 0.6 is 0 Å². The average molecular weight is 313 g/mol. The van der Waals surface area contributed by atoms with E-state index in [1.807, 2.05) is 29.2 Å². The molecule has 4 rings (SSSR count). The van der Waals surface area contributed by atoms with Crippen LogP contribution in [0.4, 0.5) is 4.39 Å². The molecule has 1 aromatic carbocycles. The second kappa shape index (κ2) is 5.49. The summed E-state index contributed by atoms with van der Waals surface area (Å²) in [6.07, 6.45) is 3.92. The summed E-state index contributed by atoms with van der Waals surface area (Å²) in [5, 5.41) is 0. The number of hydrogen-bond acceptors (Lipinski definition) is 2. The smallest absolute Gasteiger partial charge is 0.270 e. The third-order valence-electron chi connectivity index (χ3n) is 5.25. The maximum absolute atomic E-state index is 13.0. The number of hydrogen-bond donors (Lipinski definition) is 1. The minimum absolute atomic E-state index is 0.0838. The zero-order chi connectivity index (χ0) is 15.9. The standard InChI is InChI=1S/C18H20FN3O/c19-15-5-3-14(4-6-15)12-22-11-8-18(22)7-10-21(13-18)17(23)16-2-1-9-20-16/h1-6,9,20H,7-8,10-13H2/t18-/m0/s1. The molecule has 1 spiro atoms. The van der Waals surface area contributed by atoms with E-state index < -0.39 is 0 Å². The van der Waals surface area contributed by atoms with Crippen LogP contribution in [-0.2, 0) is 6.54 Å².